The minimum atomic E-state index is -3.62. The number of halogens is 1. The van der Waals surface area contributed by atoms with Crippen LogP contribution in [-0.4, -0.2) is 54.5 Å². The summed E-state index contributed by atoms with van der Waals surface area (Å²) in [6, 6.07) is 9.45. The van der Waals surface area contributed by atoms with E-state index in [0.717, 1.165) is 14.7 Å². The van der Waals surface area contributed by atoms with Gasteiger partial charge in [-0.1, -0.05) is 16.4 Å². The van der Waals surface area contributed by atoms with Gasteiger partial charge < -0.3 is 10.2 Å². The van der Waals surface area contributed by atoms with Crippen LogP contribution >= 0.6 is 11.6 Å². The number of amides is 1. The molecule has 0 aliphatic heterocycles. The highest BCUT2D eigenvalue weighted by Gasteiger charge is 2.19. The molecule has 1 N–H and O–H groups in total. The van der Waals surface area contributed by atoms with Crippen LogP contribution in [-0.2, 0) is 14.8 Å². The smallest absolute Gasteiger partial charge is 0.265 e. The fourth-order valence-electron chi connectivity index (χ4n) is 2.42. The molecule has 0 saturated heterocycles. The number of hydrogen-bond acceptors (Lipinski definition) is 6. The number of nitrogens with zero attached hydrogens (tertiary/aromatic N) is 4. The Kier molecular flexibility index (Phi) is 5.54. The second-order valence-electron chi connectivity index (χ2n) is 6.18. The van der Waals surface area contributed by atoms with E-state index in [0.29, 0.717) is 21.7 Å². The van der Waals surface area contributed by atoms with Gasteiger partial charge in [0.25, 0.3) is 5.91 Å². The van der Waals surface area contributed by atoms with Gasteiger partial charge in [0.1, 0.15) is 11.0 Å². The average Bonchev–Trinajstić information content (AvgIpc) is 3.04. The molecule has 9 nitrogen and oxygen atoms in total. The molecule has 0 spiro atoms. The lowest BCUT2D eigenvalue weighted by Gasteiger charge is -2.11. The van der Waals surface area contributed by atoms with Crippen molar-refractivity contribution in [3.8, 4) is 0 Å². The topological polar surface area (TPSA) is 106 Å². The van der Waals surface area contributed by atoms with Crippen LogP contribution in [0, 0.1) is 6.92 Å². The number of sulfonamides is 1. The van der Waals surface area contributed by atoms with Crippen molar-refractivity contribution < 1.29 is 18.0 Å². The fraction of sp³-hybridized carbons (Fsp3) is 0.235. The number of carbonyl (C=O) groups is 1. The van der Waals surface area contributed by atoms with Crippen LogP contribution in [0.1, 0.15) is 5.56 Å². The summed E-state index contributed by atoms with van der Waals surface area (Å²) in [5, 5.41) is 11.0. The molecule has 0 fully saturated rings. The molecule has 28 heavy (non-hydrogen) atoms. The Morgan fingerprint density at radius 2 is 2.00 bits per heavy atom. The number of rotatable bonds is 6. The molecule has 0 atom stereocenters. The molecule has 2 aromatic carbocycles. The zero-order chi connectivity index (χ0) is 20.5. The van der Waals surface area contributed by atoms with Crippen LogP contribution in [0.5, 0.6) is 0 Å². The lowest BCUT2D eigenvalue weighted by atomic mass is 10.2. The van der Waals surface area contributed by atoms with Gasteiger partial charge in [-0.3, -0.25) is 4.79 Å². The number of nitrogens with one attached hydrogen (secondary N) is 1. The molecular formula is C17H18ClN5O4S. The van der Waals surface area contributed by atoms with Gasteiger partial charge in [0, 0.05) is 24.8 Å². The first-order valence-corrected chi connectivity index (χ1v) is 9.97. The highest BCUT2D eigenvalue weighted by Crippen LogP contribution is 2.20. The standard InChI is InChI=1S/C17H18ClN5O4S/c1-11-8-12(18)4-6-14(11)19-17(24)10-27-23-16-9-13(28(25,26)22(2)3)5-7-15(16)20-21-23/h4-9H,10H2,1-3H3,(H,19,24). The molecular weight excluding hydrogens is 406 g/mol. The lowest BCUT2D eigenvalue weighted by molar-refractivity contribution is -0.121. The van der Waals surface area contributed by atoms with Crippen molar-refractivity contribution in [1.82, 2.24) is 19.5 Å². The largest absolute Gasteiger partial charge is 0.385 e. The van der Waals surface area contributed by atoms with Gasteiger partial charge in [-0.05, 0) is 54.1 Å². The van der Waals surface area contributed by atoms with E-state index in [2.05, 4.69) is 15.6 Å². The summed E-state index contributed by atoms with van der Waals surface area (Å²) in [6.07, 6.45) is 0. The van der Waals surface area contributed by atoms with E-state index in [1.807, 2.05) is 6.92 Å². The predicted octanol–water partition coefficient (Wildman–Crippen LogP) is 1.71. The Morgan fingerprint density at radius 3 is 2.68 bits per heavy atom. The SMILES string of the molecule is Cc1cc(Cl)ccc1NC(=O)COn1nnc2ccc(S(=O)(=O)N(C)C)cc21. The Bertz CT molecular complexity index is 1140. The molecule has 11 heteroatoms. The van der Waals surface area contributed by atoms with Gasteiger partial charge in [0.15, 0.2) is 6.61 Å². The highest BCUT2D eigenvalue weighted by molar-refractivity contribution is 7.89. The third-order valence-electron chi connectivity index (χ3n) is 3.95. The Hall–Kier alpha value is -2.69. The third kappa shape index (κ3) is 4.08. The first-order chi connectivity index (χ1) is 13.2. The normalized spacial score (nSPS) is 11.8. The van der Waals surface area contributed by atoms with Crippen LogP contribution in [0.3, 0.4) is 0 Å². The maximum absolute atomic E-state index is 12.3. The van der Waals surface area contributed by atoms with Gasteiger partial charge >= 0.3 is 0 Å². The van der Waals surface area contributed by atoms with Crippen LogP contribution in [0.15, 0.2) is 41.3 Å². The first kappa shape index (κ1) is 20.1. The van der Waals surface area contributed by atoms with E-state index in [-0.39, 0.29) is 11.5 Å². The average molecular weight is 424 g/mol. The molecule has 0 radical (unpaired) electrons. The minimum Gasteiger partial charge on any atom is -0.385 e. The van der Waals surface area contributed by atoms with E-state index in [4.69, 9.17) is 16.4 Å². The van der Waals surface area contributed by atoms with Crippen molar-refractivity contribution in [2.24, 2.45) is 0 Å². The Balaban J connectivity index is 1.76. The monoisotopic (exact) mass is 423 g/mol. The van der Waals surface area contributed by atoms with Crippen molar-refractivity contribution in [2.75, 3.05) is 26.0 Å². The van der Waals surface area contributed by atoms with E-state index < -0.39 is 15.9 Å². The zero-order valence-electron chi connectivity index (χ0n) is 15.4. The summed E-state index contributed by atoms with van der Waals surface area (Å²) < 4.78 is 25.7. The van der Waals surface area contributed by atoms with Crippen molar-refractivity contribution in [3.63, 3.8) is 0 Å². The second kappa shape index (κ2) is 7.74. The molecule has 148 valence electrons. The molecule has 0 bridgehead atoms. The van der Waals surface area contributed by atoms with E-state index >= 15 is 0 Å². The first-order valence-electron chi connectivity index (χ1n) is 8.16. The van der Waals surface area contributed by atoms with Crippen LogP contribution in [0.4, 0.5) is 5.69 Å². The van der Waals surface area contributed by atoms with E-state index in [9.17, 15) is 13.2 Å². The number of anilines is 1. The van der Waals surface area contributed by atoms with Gasteiger partial charge in [0.05, 0.1) is 4.90 Å². The van der Waals surface area contributed by atoms with Gasteiger partial charge in [-0.25, -0.2) is 12.7 Å². The Labute approximate surface area is 166 Å². The number of benzene rings is 2. The van der Waals surface area contributed by atoms with Crippen molar-refractivity contribution >= 4 is 44.3 Å². The maximum atomic E-state index is 12.3. The molecule has 3 rings (SSSR count). The highest BCUT2D eigenvalue weighted by atomic mass is 35.5. The molecule has 1 amide bonds. The second-order valence-corrected chi connectivity index (χ2v) is 8.77. The fourth-order valence-corrected chi connectivity index (χ4v) is 3.57. The number of aromatic nitrogens is 3. The van der Waals surface area contributed by atoms with Gasteiger partial charge in [-0.15, -0.1) is 5.10 Å². The zero-order valence-corrected chi connectivity index (χ0v) is 17.0. The molecule has 0 aliphatic carbocycles. The molecule has 1 heterocycles. The summed E-state index contributed by atoms with van der Waals surface area (Å²) in [6.45, 7) is 1.48. The van der Waals surface area contributed by atoms with Gasteiger partial charge in [-0.2, -0.15) is 0 Å². The van der Waals surface area contributed by atoms with E-state index in [1.54, 1.807) is 18.2 Å². The number of hydrogen-bond donors (Lipinski definition) is 1. The number of fused-ring (bicyclic) bond motifs is 1. The molecule has 0 saturated carbocycles. The van der Waals surface area contributed by atoms with Crippen LogP contribution in [0.25, 0.3) is 11.0 Å². The quantitative estimate of drug-likeness (QED) is 0.646. The summed E-state index contributed by atoms with van der Waals surface area (Å²) >= 11 is 5.90. The summed E-state index contributed by atoms with van der Waals surface area (Å²) in [5.41, 5.74) is 2.19. The predicted molar refractivity (Wildman–Crippen MR) is 105 cm³/mol. The van der Waals surface area contributed by atoms with Gasteiger partial charge in [0.2, 0.25) is 10.0 Å². The van der Waals surface area contributed by atoms with Crippen LogP contribution < -0.4 is 10.2 Å². The molecule has 0 unspecified atom stereocenters. The number of aryl methyl sites for hydroxylation is 1. The number of carbonyl (C=O) groups excluding carboxylic acids is 1. The molecule has 1 aromatic heterocycles. The minimum absolute atomic E-state index is 0.0680. The third-order valence-corrected chi connectivity index (χ3v) is 5.99. The molecule has 0 aliphatic rings. The van der Waals surface area contributed by atoms with Crippen molar-refractivity contribution in [3.05, 3.63) is 47.0 Å². The summed E-state index contributed by atoms with van der Waals surface area (Å²) in [5.74, 6) is -0.411. The maximum Gasteiger partial charge on any atom is 0.265 e. The van der Waals surface area contributed by atoms with Crippen LogP contribution in [0.2, 0.25) is 5.02 Å². The summed E-state index contributed by atoms with van der Waals surface area (Å²) in [4.78, 5) is 18.6. The lowest BCUT2D eigenvalue weighted by Crippen LogP contribution is -2.26. The van der Waals surface area contributed by atoms with E-state index in [1.165, 1.54) is 32.3 Å². The molecule has 3 aromatic rings. The Morgan fingerprint density at radius 1 is 1.25 bits per heavy atom. The van der Waals surface area contributed by atoms with Crippen molar-refractivity contribution in [2.45, 2.75) is 11.8 Å². The summed E-state index contributed by atoms with van der Waals surface area (Å²) in [7, 11) is -0.746. The van der Waals surface area contributed by atoms with Crippen molar-refractivity contribution in [1.29, 1.82) is 0 Å².